The van der Waals surface area contributed by atoms with Crippen LogP contribution in [0.25, 0.3) is 0 Å². The van der Waals surface area contributed by atoms with E-state index in [0.29, 0.717) is 0 Å². The van der Waals surface area contributed by atoms with E-state index in [9.17, 15) is 4.57 Å². The van der Waals surface area contributed by atoms with E-state index >= 15 is 0 Å². The van der Waals surface area contributed by atoms with Crippen LogP contribution in [0.1, 0.15) is 0 Å². The molecule has 0 spiro atoms. The molecule has 17 heavy (non-hydrogen) atoms. The third kappa shape index (κ3) is 14.2. The minimum absolute atomic E-state index is 0. The van der Waals surface area contributed by atoms with Crippen LogP contribution in [0.5, 0.6) is 0 Å². The monoisotopic (exact) mass is 294 g/mol. The van der Waals surface area contributed by atoms with Gasteiger partial charge in [-0.05, 0) is 0 Å². The molecule has 0 aliphatic heterocycles. The van der Waals surface area contributed by atoms with Crippen molar-refractivity contribution in [2.24, 2.45) is 0 Å². The van der Waals surface area contributed by atoms with E-state index < -0.39 is 46.5 Å². The van der Waals surface area contributed by atoms with E-state index in [4.69, 9.17) is 25.3 Å². The van der Waals surface area contributed by atoms with E-state index in [1.807, 2.05) is 0 Å². The first-order valence-electron chi connectivity index (χ1n) is 4.11. The van der Waals surface area contributed by atoms with E-state index in [1.165, 1.54) is 0 Å². The van der Waals surface area contributed by atoms with Crippen LogP contribution in [0.4, 0.5) is 0 Å². The Bertz CT molecular complexity index is 200. The summed E-state index contributed by atoms with van der Waals surface area (Å²) in [5.41, 5.74) is 0. The second kappa shape index (κ2) is 13.0. The molecule has 0 heterocycles. The molecule has 0 aromatic heterocycles. The molecule has 0 radical (unpaired) electrons. The van der Waals surface area contributed by atoms with E-state index in [1.54, 1.807) is 0 Å². The molecule has 0 bridgehead atoms. The van der Waals surface area contributed by atoms with Crippen LogP contribution in [-0.4, -0.2) is 123 Å². The van der Waals surface area contributed by atoms with Crippen LogP contribution in [0, 0.1) is 0 Å². The van der Waals surface area contributed by atoms with Crippen molar-refractivity contribution in [3.63, 3.8) is 0 Å². The molecular weight excluding hydrogens is 277 g/mol. The predicted octanol–water partition coefficient (Wildman–Crippen LogP) is -3.47. The van der Waals surface area contributed by atoms with Crippen molar-refractivity contribution in [2.45, 2.75) is 12.2 Å². The van der Waals surface area contributed by atoms with Gasteiger partial charge in [-0.3, -0.25) is 9.05 Å². The molecule has 0 saturated carbocycles. The van der Waals surface area contributed by atoms with Gasteiger partial charge >= 0.3 is 66.9 Å². The molecule has 2 unspecified atom stereocenters. The summed E-state index contributed by atoms with van der Waals surface area (Å²) in [6.07, 6.45) is -2.56. The van der Waals surface area contributed by atoms with Crippen LogP contribution in [0.3, 0.4) is 0 Å². The second-order valence-electron chi connectivity index (χ2n) is 2.73. The maximum atomic E-state index is 11.0. The number of rotatable bonds is 8. The summed E-state index contributed by atoms with van der Waals surface area (Å²) in [4.78, 5) is 8.93. The maximum absolute atomic E-state index is 11.0. The number of aliphatic hydroxyl groups excluding tert-OH is 4. The summed E-state index contributed by atoms with van der Waals surface area (Å²) in [5.74, 6) is 0. The van der Waals surface area contributed by atoms with E-state index in [2.05, 4.69) is 9.05 Å². The SMILES string of the molecule is O=P(O)(OCC(O)CO)OCC(O)CO.[NaH].[NaH]. The van der Waals surface area contributed by atoms with Gasteiger partial charge in [-0.1, -0.05) is 0 Å². The van der Waals surface area contributed by atoms with Gasteiger partial charge < -0.3 is 25.3 Å². The fourth-order valence-electron chi connectivity index (χ4n) is 0.503. The Hall–Kier alpha value is 1.95. The normalized spacial score (nSPS) is 17.2. The average molecular weight is 294 g/mol. The summed E-state index contributed by atoms with van der Waals surface area (Å²) >= 11 is 0. The number of phosphoric ester groups is 1. The summed E-state index contributed by atoms with van der Waals surface area (Å²) in [5, 5.41) is 34.3. The van der Waals surface area contributed by atoms with Gasteiger partial charge in [0, 0.05) is 0 Å². The Balaban J connectivity index is -0.000000980. The summed E-state index contributed by atoms with van der Waals surface area (Å²) < 4.78 is 19.5. The van der Waals surface area contributed by atoms with Gasteiger partial charge in [-0.25, -0.2) is 4.57 Å². The van der Waals surface area contributed by atoms with Crippen molar-refractivity contribution in [1.82, 2.24) is 0 Å². The van der Waals surface area contributed by atoms with Gasteiger partial charge in [0.05, 0.1) is 26.4 Å². The van der Waals surface area contributed by atoms with Crippen LogP contribution in [-0.2, 0) is 13.6 Å². The summed E-state index contributed by atoms with van der Waals surface area (Å²) in [7, 11) is -4.37. The van der Waals surface area contributed by atoms with Gasteiger partial charge in [0.15, 0.2) is 0 Å². The van der Waals surface area contributed by atoms with Gasteiger partial charge in [0.1, 0.15) is 12.2 Å². The van der Waals surface area contributed by atoms with Gasteiger partial charge in [0.2, 0.25) is 0 Å². The Labute approximate surface area is 143 Å². The molecule has 0 amide bonds. The molecule has 0 rings (SSSR count). The molecule has 0 aromatic rings. The van der Waals surface area contributed by atoms with E-state index in [0.717, 1.165) is 0 Å². The minimum atomic E-state index is -4.37. The average Bonchev–Trinajstić information content (AvgIpc) is 2.22. The molecule has 0 saturated heterocycles. The fourth-order valence-corrected chi connectivity index (χ4v) is 1.30. The molecule has 11 heteroatoms. The zero-order valence-electron chi connectivity index (χ0n) is 7.89. The van der Waals surface area contributed by atoms with Crippen LogP contribution >= 0.6 is 7.82 Å². The summed E-state index contributed by atoms with van der Waals surface area (Å²) in [6, 6.07) is 0. The first kappa shape index (κ1) is 24.0. The fraction of sp³-hybridized carbons (Fsp3) is 1.00. The van der Waals surface area contributed by atoms with Crippen LogP contribution in [0.2, 0.25) is 0 Å². The molecular formula is C6H17Na2O8P. The van der Waals surface area contributed by atoms with Gasteiger partial charge in [0.25, 0.3) is 0 Å². The molecule has 8 nitrogen and oxygen atoms in total. The zero-order valence-corrected chi connectivity index (χ0v) is 8.79. The molecule has 96 valence electrons. The van der Waals surface area contributed by atoms with Gasteiger partial charge in [-0.15, -0.1) is 0 Å². The standard InChI is InChI=1S/C6H15O8P.2Na.2H/c7-1-5(9)3-13-15(11,12)14-4-6(10)2-8;;;;/h5-10H,1-4H2,(H,11,12);;;;. The number of hydrogen-bond donors (Lipinski definition) is 5. The first-order chi connectivity index (χ1) is 6.91. The molecule has 2 atom stereocenters. The quantitative estimate of drug-likeness (QED) is 0.230. The van der Waals surface area contributed by atoms with E-state index in [-0.39, 0.29) is 59.1 Å². The molecule has 0 fully saturated rings. The van der Waals surface area contributed by atoms with Gasteiger partial charge in [-0.2, -0.15) is 0 Å². The van der Waals surface area contributed by atoms with Crippen molar-refractivity contribution in [3.8, 4) is 0 Å². The van der Waals surface area contributed by atoms with Crippen LogP contribution < -0.4 is 0 Å². The van der Waals surface area contributed by atoms with Crippen molar-refractivity contribution in [1.29, 1.82) is 0 Å². The molecule has 5 N–H and O–H groups in total. The number of phosphoric acid groups is 1. The predicted molar refractivity (Wildman–Crippen MR) is 62.2 cm³/mol. The second-order valence-corrected chi connectivity index (χ2v) is 4.19. The van der Waals surface area contributed by atoms with Crippen LogP contribution in [0.15, 0.2) is 0 Å². The zero-order chi connectivity index (χ0) is 11.9. The molecule has 0 aliphatic carbocycles. The third-order valence-corrected chi connectivity index (χ3v) is 2.23. The van der Waals surface area contributed by atoms with Crippen molar-refractivity contribution in [2.75, 3.05) is 26.4 Å². The Morgan fingerprint density at radius 2 is 1.24 bits per heavy atom. The van der Waals surface area contributed by atoms with Crippen molar-refractivity contribution in [3.05, 3.63) is 0 Å². The topological polar surface area (TPSA) is 137 Å². The molecule has 0 aromatic carbocycles. The summed E-state index contributed by atoms with van der Waals surface area (Å²) in [6.45, 7) is -2.36. The van der Waals surface area contributed by atoms with Crippen molar-refractivity contribution < 1.29 is 38.9 Å². The Kier molecular flexibility index (Phi) is 18.3. The Morgan fingerprint density at radius 3 is 1.47 bits per heavy atom. The first-order valence-corrected chi connectivity index (χ1v) is 5.60. The number of aliphatic hydroxyl groups is 4. The molecule has 0 aliphatic rings. The number of hydrogen-bond acceptors (Lipinski definition) is 7. The van der Waals surface area contributed by atoms with Crippen molar-refractivity contribution >= 4 is 66.9 Å². The third-order valence-electron chi connectivity index (χ3n) is 1.28. The Morgan fingerprint density at radius 1 is 0.941 bits per heavy atom.